The van der Waals surface area contributed by atoms with E-state index in [1.807, 2.05) is 0 Å². The first-order chi connectivity index (χ1) is 27.4. The van der Waals surface area contributed by atoms with Crippen LogP contribution < -0.4 is 10.6 Å². The second-order valence-corrected chi connectivity index (χ2v) is 11.8. The van der Waals surface area contributed by atoms with Gasteiger partial charge in [0.05, 0.1) is 99.7 Å². The predicted octanol–water partition coefficient (Wildman–Crippen LogP) is 8.31. The lowest BCUT2D eigenvalue weighted by Gasteiger charge is -2.14. The molecule has 0 bridgehead atoms. The van der Waals surface area contributed by atoms with Gasteiger partial charge in [0.1, 0.15) is 13.2 Å². The molecule has 4 aromatic carbocycles. The van der Waals surface area contributed by atoms with E-state index in [1.165, 1.54) is 36.4 Å². The van der Waals surface area contributed by atoms with Gasteiger partial charge in [0.25, 0.3) is 0 Å². The summed E-state index contributed by atoms with van der Waals surface area (Å²) in [6, 6.07) is 21.9. The van der Waals surface area contributed by atoms with Crippen LogP contribution in [-0.2, 0) is 45.5 Å². The van der Waals surface area contributed by atoms with Crippen molar-refractivity contribution in [2.75, 3.05) is 89.9 Å². The summed E-state index contributed by atoms with van der Waals surface area (Å²) >= 11 is 0. The number of para-hydroxylation sites is 2. The fraction of sp³-hybridized carbons (Fsp3) is 0.350. The molecule has 0 aliphatic heterocycles. The molecule has 0 unspecified atom stereocenters. The summed E-state index contributed by atoms with van der Waals surface area (Å²) in [5.41, 5.74) is -0.373. The molecule has 57 heavy (non-hydrogen) atoms. The molecule has 0 saturated carbocycles. The van der Waals surface area contributed by atoms with Gasteiger partial charge in [-0.3, -0.25) is 0 Å². The Morgan fingerprint density at radius 2 is 0.737 bits per heavy atom. The van der Waals surface area contributed by atoms with Gasteiger partial charge in [0, 0.05) is 11.4 Å². The van der Waals surface area contributed by atoms with Gasteiger partial charge >= 0.3 is 24.3 Å². The first kappa shape index (κ1) is 44.5. The largest absolute Gasteiger partial charge is 0.460 e. The summed E-state index contributed by atoms with van der Waals surface area (Å²) in [6.07, 6.45) is -9.00. The highest BCUT2D eigenvalue weighted by Crippen LogP contribution is 2.33. The van der Waals surface area contributed by atoms with Crippen molar-refractivity contribution in [1.82, 2.24) is 0 Å². The molecule has 0 radical (unpaired) electrons. The third kappa shape index (κ3) is 16.1. The van der Waals surface area contributed by atoms with E-state index in [-0.39, 0.29) is 75.4 Å². The van der Waals surface area contributed by atoms with Crippen LogP contribution >= 0.6 is 0 Å². The Morgan fingerprint density at radius 1 is 0.421 bits per heavy atom. The van der Waals surface area contributed by atoms with E-state index >= 15 is 0 Å². The molecule has 0 aromatic heterocycles. The van der Waals surface area contributed by atoms with Gasteiger partial charge in [0.2, 0.25) is 0 Å². The van der Waals surface area contributed by atoms with Crippen molar-refractivity contribution in [3.05, 3.63) is 119 Å². The van der Waals surface area contributed by atoms with Crippen molar-refractivity contribution in [2.45, 2.75) is 12.4 Å². The van der Waals surface area contributed by atoms with Gasteiger partial charge in [0.15, 0.2) is 0 Å². The van der Waals surface area contributed by atoms with Crippen LogP contribution in [0.4, 0.5) is 49.1 Å². The number of rotatable bonds is 24. The standard InChI is InChI=1S/C40H42F6N2O9/c41-39(42,43)29-7-5-9-31(27-29)47-35-13-3-1-11-33(35)37(49)56-25-23-54-21-19-52-17-15-51-16-18-53-20-22-55-24-26-57-38(50)34-12-2-4-14-36(34)48-32-10-6-8-30(28-32)40(44,45)46/h1-14,27-28,47-48H,15-26H2. The number of ether oxygens (including phenoxy) is 7. The Morgan fingerprint density at radius 3 is 1.07 bits per heavy atom. The molecule has 0 saturated heterocycles. The maximum absolute atomic E-state index is 13.1. The Bertz CT molecular complexity index is 1710. The molecule has 0 aliphatic carbocycles. The number of halogens is 6. The van der Waals surface area contributed by atoms with Crippen LogP contribution in [0, 0.1) is 0 Å². The molecule has 17 heteroatoms. The minimum absolute atomic E-state index is 0.0389. The second kappa shape index (κ2) is 23.1. The van der Waals surface area contributed by atoms with Gasteiger partial charge in [-0.2, -0.15) is 26.3 Å². The highest BCUT2D eigenvalue weighted by molar-refractivity contribution is 5.97. The quantitative estimate of drug-likeness (QED) is 0.0404. The fourth-order valence-corrected chi connectivity index (χ4v) is 4.92. The van der Waals surface area contributed by atoms with Crippen molar-refractivity contribution >= 4 is 34.7 Å². The molecule has 0 aliphatic rings. The van der Waals surface area contributed by atoms with Crippen molar-refractivity contribution in [2.24, 2.45) is 0 Å². The molecule has 308 valence electrons. The molecule has 4 aromatic rings. The number of hydrogen-bond donors (Lipinski definition) is 2. The minimum Gasteiger partial charge on any atom is -0.460 e. The third-order valence-corrected chi connectivity index (χ3v) is 7.64. The smallest absolute Gasteiger partial charge is 0.416 e. The molecular formula is C40H42F6N2O9. The first-order valence-corrected chi connectivity index (χ1v) is 17.7. The third-order valence-electron chi connectivity index (χ3n) is 7.64. The van der Waals surface area contributed by atoms with Crippen LogP contribution in [0.2, 0.25) is 0 Å². The Labute approximate surface area is 325 Å². The van der Waals surface area contributed by atoms with Crippen molar-refractivity contribution in [3.63, 3.8) is 0 Å². The monoisotopic (exact) mass is 808 g/mol. The average molecular weight is 809 g/mol. The van der Waals surface area contributed by atoms with Crippen molar-refractivity contribution in [1.29, 1.82) is 0 Å². The van der Waals surface area contributed by atoms with E-state index in [2.05, 4.69) is 10.6 Å². The lowest BCUT2D eigenvalue weighted by molar-refractivity contribution is -0.138. The number of nitrogens with one attached hydrogen (secondary N) is 2. The average Bonchev–Trinajstić information content (AvgIpc) is 3.18. The lowest BCUT2D eigenvalue weighted by atomic mass is 10.1. The van der Waals surface area contributed by atoms with Crippen LogP contribution in [0.3, 0.4) is 0 Å². The second-order valence-electron chi connectivity index (χ2n) is 11.8. The summed E-state index contributed by atoms with van der Waals surface area (Å²) in [6.45, 7) is 2.52. The summed E-state index contributed by atoms with van der Waals surface area (Å²) in [5, 5.41) is 5.68. The Balaban J connectivity index is 0.954. The molecule has 0 heterocycles. The molecule has 0 spiro atoms. The van der Waals surface area contributed by atoms with Crippen LogP contribution in [0.1, 0.15) is 31.8 Å². The Kier molecular flexibility index (Phi) is 18.1. The van der Waals surface area contributed by atoms with Crippen molar-refractivity contribution in [3.8, 4) is 0 Å². The van der Waals surface area contributed by atoms with Gasteiger partial charge in [-0.1, -0.05) is 36.4 Å². The zero-order chi connectivity index (χ0) is 40.9. The number of alkyl halides is 6. The van der Waals surface area contributed by atoms with E-state index in [0.717, 1.165) is 24.3 Å². The molecule has 0 amide bonds. The number of carbonyl (C=O) groups is 2. The van der Waals surface area contributed by atoms with Crippen LogP contribution in [-0.4, -0.2) is 91.2 Å². The maximum atomic E-state index is 13.1. The first-order valence-electron chi connectivity index (χ1n) is 17.7. The zero-order valence-electron chi connectivity index (χ0n) is 30.7. The van der Waals surface area contributed by atoms with E-state index in [1.54, 1.807) is 36.4 Å². The molecule has 0 atom stereocenters. The SMILES string of the molecule is O=C(OCCOCCOCCOCCOCCOCCOC(=O)c1ccccc1Nc1cccc(C(F)(F)F)c1)c1ccccc1Nc1cccc(C(F)(F)F)c1. The number of benzene rings is 4. The normalized spacial score (nSPS) is 11.6. The van der Waals surface area contributed by atoms with E-state index in [0.29, 0.717) is 37.8 Å². The molecule has 0 fully saturated rings. The number of carbonyl (C=O) groups excluding carboxylic acids is 2. The van der Waals surface area contributed by atoms with Crippen LogP contribution in [0.15, 0.2) is 97.1 Å². The van der Waals surface area contributed by atoms with E-state index in [9.17, 15) is 35.9 Å². The predicted molar refractivity (Wildman–Crippen MR) is 197 cm³/mol. The number of hydrogen-bond acceptors (Lipinski definition) is 11. The van der Waals surface area contributed by atoms with Gasteiger partial charge in [-0.15, -0.1) is 0 Å². The summed E-state index contributed by atoms with van der Waals surface area (Å²) in [5.74, 6) is -1.32. The minimum atomic E-state index is -4.50. The highest BCUT2D eigenvalue weighted by Gasteiger charge is 2.31. The van der Waals surface area contributed by atoms with E-state index in [4.69, 9.17) is 33.2 Å². The van der Waals surface area contributed by atoms with Crippen LogP contribution in [0.25, 0.3) is 0 Å². The molecule has 11 nitrogen and oxygen atoms in total. The Hall–Kier alpha value is -5.20. The van der Waals surface area contributed by atoms with Gasteiger partial charge in [-0.25, -0.2) is 9.59 Å². The molecular weight excluding hydrogens is 766 g/mol. The lowest BCUT2D eigenvalue weighted by Crippen LogP contribution is -2.16. The summed E-state index contributed by atoms with van der Waals surface area (Å²) < 4.78 is 116. The summed E-state index contributed by atoms with van der Waals surface area (Å²) in [7, 11) is 0. The zero-order valence-corrected chi connectivity index (χ0v) is 30.7. The number of esters is 2. The maximum Gasteiger partial charge on any atom is 0.416 e. The topological polar surface area (TPSA) is 123 Å². The summed E-state index contributed by atoms with van der Waals surface area (Å²) in [4.78, 5) is 25.2. The van der Waals surface area contributed by atoms with Crippen molar-refractivity contribution < 1.29 is 69.1 Å². The number of anilines is 4. The molecule has 4 rings (SSSR count). The molecule has 2 N–H and O–H groups in total. The van der Waals surface area contributed by atoms with Gasteiger partial charge < -0.3 is 43.8 Å². The fourth-order valence-electron chi connectivity index (χ4n) is 4.92. The van der Waals surface area contributed by atoms with Gasteiger partial charge in [-0.05, 0) is 60.7 Å². The van der Waals surface area contributed by atoms with Crippen LogP contribution in [0.5, 0.6) is 0 Å². The van der Waals surface area contributed by atoms with E-state index < -0.39 is 35.4 Å². The highest BCUT2D eigenvalue weighted by atomic mass is 19.4.